The van der Waals surface area contributed by atoms with E-state index in [0.29, 0.717) is 19.0 Å². The lowest BCUT2D eigenvalue weighted by molar-refractivity contribution is -0.123. The first-order valence-corrected chi connectivity index (χ1v) is 9.46. The fourth-order valence-corrected chi connectivity index (χ4v) is 3.60. The van der Waals surface area contributed by atoms with Crippen LogP contribution in [0.3, 0.4) is 0 Å². The molecule has 1 aliphatic rings. The first kappa shape index (κ1) is 17.9. The molecule has 5 nitrogen and oxygen atoms in total. The van der Waals surface area contributed by atoms with Gasteiger partial charge in [-0.2, -0.15) is 0 Å². The molecule has 1 aromatic heterocycles. The lowest BCUT2D eigenvalue weighted by Gasteiger charge is -2.21. The predicted molar refractivity (Wildman–Crippen MR) is 99.8 cm³/mol. The number of hydrogen-bond donors (Lipinski definition) is 1. The number of amides is 1. The molecule has 1 fully saturated rings. The van der Waals surface area contributed by atoms with Crippen LogP contribution in [0.1, 0.15) is 35.1 Å². The molecule has 1 heterocycles. The molecule has 0 radical (unpaired) electrons. The van der Waals surface area contributed by atoms with Gasteiger partial charge in [0.25, 0.3) is 0 Å². The van der Waals surface area contributed by atoms with Crippen molar-refractivity contribution in [2.75, 3.05) is 20.7 Å². The Balaban J connectivity index is 1.57. The second-order valence-corrected chi connectivity index (χ2v) is 7.75. The Kier molecular flexibility index (Phi) is 5.71. The highest BCUT2D eigenvalue weighted by Gasteiger charge is 2.33. The topological polar surface area (TPSA) is 54.5 Å². The SMILES string of the molecule is COc1ccc(C(NC(=O)CN(C)Cc2csc(C)n2)C2CC2)cc1. The molecular weight excluding hydrogens is 334 g/mol. The van der Waals surface area contributed by atoms with E-state index in [2.05, 4.69) is 10.3 Å². The highest BCUT2D eigenvalue weighted by atomic mass is 32.1. The lowest BCUT2D eigenvalue weighted by atomic mass is 10.0. The molecule has 1 aromatic carbocycles. The van der Waals surface area contributed by atoms with Crippen molar-refractivity contribution in [2.24, 2.45) is 5.92 Å². The van der Waals surface area contributed by atoms with Gasteiger partial charge in [-0.1, -0.05) is 12.1 Å². The number of nitrogens with one attached hydrogen (secondary N) is 1. The number of aryl methyl sites for hydroxylation is 1. The molecule has 1 saturated carbocycles. The van der Waals surface area contributed by atoms with Crippen molar-refractivity contribution in [1.29, 1.82) is 0 Å². The summed E-state index contributed by atoms with van der Waals surface area (Å²) in [6.45, 7) is 3.06. The van der Waals surface area contributed by atoms with Gasteiger partial charge in [-0.15, -0.1) is 11.3 Å². The van der Waals surface area contributed by atoms with Crippen molar-refractivity contribution in [3.63, 3.8) is 0 Å². The maximum absolute atomic E-state index is 12.5. The molecule has 25 heavy (non-hydrogen) atoms. The summed E-state index contributed by atoms with van der Waals surface area (Å²) in [5.41, 5.74) is 2.17. The Hall–Kier alpha value is -1.92. The van der Waals surface area contributed by atoms with E-state index in [-0.39, 0.29) is 11.9 Å². The maximum atomic E-state index is 12.5. The molecular formula is C19H25N3O2S. The Bertz CT molecular complexity index is 710. The number of ether oxygens (including phenoxy) is 1. The van der Waals surface area contributed by atoms with E-state index >= 15 is 0 Å². The number of nitrogens with zero attached hydrogens (tertiary/aromatic N) is 2. The van der Waals surface area contributed by atoms with Gasteiger partial charge in [0, 0.05) is 11.9 Å². The van der Waals surface area contributed by atoms with Crippen LogP contribution in [-0.4, -0.2) is 36.5 Å². The van der Waals surface area contributed by atoms with Gasteiger partial charge in [0.05, 0.1) is 30.4 Å². The zero-order valence-corrected chi connectivity index (χ0v) is 15.8. The summed E-state index contributed by atoms with van der Waals surface area (Å²) in [6, 6.07) is 8.09. The Labute approximate surface area is 153 Å². The summed E-state index contributed by atoms with van der Waals surface area (Å²) in [4.78, 5) is 18.9. The van der Waals surface area contributed by atoms with Crippen LogP contribution >= 0.6 is 11.3 Å². The number of hydrogen-bond acceptors (Lipinski definition) is 5. The predicted octanol–water partition coefficient (Wildman–Crippen LogP) is 3.16. The van der Waals surface area contributed by atoms with Gasteiger partial charge in [-0.25, -0.2) is 4.98 Å². The third kappa shape index (κ3) is 5.03. The van der Waals surface area contributed by atoms with E-state index < -0.39 is 0 Å². The minimum Gasteiger partial charge on any atom is -0.497 e. The molecule has 0 aliphatic heterocycles. The second-order valence-electron chi connectivity index (χ2n) is 6.69. The van der Waals surface area contributed by atoms with Crippen molar-refractivity contribution in [3.05, 3.63) is 45.9 Å². The van der Waals surface area contributed by atoms with Crippen molar-refractivity contribution < 1.29 is 9.53 Å². The average molecular weight is 359 g/mol. The minimum atomic E-state index is 0.0576. The first-order chi connectivity index (χ1) is 12.0. The normalized spacial score (nSPS) is 15.2. The summed E-state index contributed by atoms with van der Waals surface area (Å²) in [6.07, 6.45) is 2.34. The number of thiazole rings is 1. The molecule has 1 atom stereocenters. The molecule has 2 aromatic rings. The number of likely N-dealkylation sites (N-methyl/N-ethyl adjacent to an activating group) is 1. The summed E-state index contributed by atoms with van der Waals surface area (Å²) < 4.78 is 5.22. The summed E-state index contributed by atoms with van der Waals surface area (Å²) in [5, 5.41) is 6.32. The van der Waals surface area contributed by atoms with Gasteiger partial charge in [0.1, 0.15) is 5.75 Å². The third-order valence-corrected chi connectivity index (χ3v) is 5.22. The van der Waals surface area contributed by atoms with E-state index in [9.17, 15) is 4.79 Å². The molecule has 1 aliphatic carbocycles. The maximum Gasteiger partial charge on any atom is 0.234 e. The van der Waals surface area contributed by atoms with Gasteiger partial charge in [0.2, 0.25) is 5.91 Å². The van der Waals surface area contributed by atoms with Crippen LogP contribution < -0.4 is 10.1 Å². The highest BCUT2D eigenvalue weighted by molar-refractivity contribution is 7.09. The number of methoxy groups -OCH3 is 1. The van der Waals surface area contributed by atoms with Crippen LogP contribution in [0, 0.1) is 12.8 Å². The zero-order chi connectivity index (χ0) is 17.8. The molecule has 134 valence electrons. The van der Waals surface area contributed by atoms with Crippen LogP contribution in [0.25, 0.3) is 0 Å². The number of benzene rings is 1. The number of carbonyl (C=O) groups excluding carboxylic acids is 1. The standard InChI is InChI=1S/C19H25N3O2S/c1-13-20-16(12-25-13)10-22(2)11-18(23)21-19(14-4-5-14)15-6-8-17(24-3)9-7-15/h6-9,12,14,19H,4-5,10-11H2,1-3H3,(H,21,23). The minimum absolute atomic E-state index is 0.0576. The third-order valence-electron chi connectivity index (χ3n) is 4.40. The Morgan fingerprint density at radius 3 is 2.68 bits per heavy atom. The fourth-order valence-electron chi connectivity index (χ4n) is 2.99. The smallest absolute Gasteiger partial charge is 0.234 e. The number of rotatable bonds is 8. The highest BCUT2D eigenvalue weighted by Crippen LogP contribution is 2.41. The Morgan fingerprint density at radius 1 is 1.40 bits per heavy atom. The van der Waals surface area contributed by atoms with E-state index in [1.54, 1.807) is 18.4 Å². The summed E-state index contributed by atoms with van der Waals surface area (Å²) in [5.74, 6) is 1.44. The van der Waals surface area contributed by atoms with Crippen LogP contribution in [-0.2, 0) is 11.3 Å². The van der Waals surface area contributed by atoms with Crippen LogP contribution in [0.2, 0.25) is 0 Å². The summed E-state index contributed by atoms with van der Waals surface area (Å²) in [7, 11) is 3.61. The molecule has 0 bridgehead atoms. The van der Waals surface area contributed by atoms with Gasteiger partial charge >= 0.3 is 0 Å². The van der Waals surface area contributed by atoms with Gasteiger partial charge in [0.15, 0.2) is 0 Å². The van der Waals surface area contributed by atoms with Gasteiger partial charge in [-0.3, -0.25) is 9.69 Å². The first-order valence-electron chi connectivity index (χ1n) is 8.58. The number of aromatic nitrogens is 1. The molecule has 1 N–H and O–H groups in total. The van der Waals surface area contributed by atoms with E-state index in [1.807, 2.05) is 48.5 Å². The van der Waals surface area contributed by atoms with Crippen LogP contribution in [0.4, 0.5) is 0 Å². The van der Waals surface area contributed by atoms with E-state index in [4.69, 9.17) is 4.74 Å². The van der Waals surface area contributed by atoms with E-state index in [0.717, 1.165) is 22.0 Å². The largest absolute Gasteiger partial charge is 0.497 e. The van der Waals surface area contributed by atoms with Crippen molar-refractivity contribution in [2.45, 2.75) is 32.4 Å². The molecule has 1 amide bonds. The molecule has 6 heteroatoms. The quantitative estimate of drug-likeness (QED) is 0.787. The van der Waals surface area contributed by atoms with Gasteiger partial charge in [-0.05, 0) is 50.4 Å². The lowest BCUT2D eigenvalue weighted by Crippen LogP contribution is -2.37. The van der Waals surface area contributed by atoms with E-state index in [1.165, 1.54) is 12.8 Å². The zero-order valence-electron chi connectivity index (χ0n) is 15.0. The van der Waals surface area contributed by atoms with Crippen molar-refractivity contribution >= 4 is 17.2 Å². The second kappa shape index (κ2) is 7.97. The Morgan fingerprint density at radius 2 is 2.12 bits per heavy atom. The van der Waals surface area contributed by atoms with Gasteiger partial charge < -0.3 is 10.1 Å². The average Bonchev–Trinajstić information content (AvgIpc) is 3.35. The van der Waals surface area contributed by atoms with Crippen molar-refractivity contribution in [1.82, 2.24) is 15.2 Å². The molecule has 0 spiro atoms. The molecule has 0 saturated heterocycles. The van der Waals surface area contributed by atoms with Crippen LogP contribution in [0.5, 0.6) is 5.75 Å². The van der Waals surface area contributed by atoms with Crippen molar-refractivity contribution in [3.8, 4) is 5.75 Å². The number of carbonyl (C=O) groups is 1. The molecule has 3 rings (SSSR count). The summed E-state index contributed by atoms with van der Waals surface area (Å²) >= 11 is 1.64. The fraction of sp³-hybridized carbons (Fsp3) is 0.474. The van der Waals surface area contributed by atoms with Crippen LogP contribution in [0.15, 0.2) is 29.6 Å². The monoisotopic (exact) mass is 359 g/mol. The molecule has 1 unspecified atom stereocenters.